The third-order valence-electron chi connectivity index (χ3n) is 2.40. The summed E-state index contributed by atoms with van der Waals surface area (Å²) in [6, 6.07) is 0. The molecule has 0 spiro atoms. The topological polar surface area (TPSA) is 45.8 Å². The number of hydrogen-bond acceptors (Lipinski definition) is 3. The van der Waals surface area contributed by atoms with Crippen molar-refractivity contribution >= 4 is 33.7 Å². The minimum Gasteiger partial charge on any atom is -0.313 e. The Kier molecular flexibility index (Phi) is 1.58. The molecule has 3 nitrogen and oxygen atoms in total. The van der Waals surface area contributed by atoms with Crippen LogP contribution in [0.5, 0.6) is 0 Å². The summed E-state index contributed by atoms with van der Waals surface area (Å²) in [7, 11) is 0. The van der Waals surface area contributed by atoms with Crippen LogP contribution in [0.25, 0.3) is 22.4 Å². The predicted octanol–water partition coefficient (Wildman–Crippen LogP) is 0.339. The molecule has 3 rings (SSSR count). The van der Waals surface area contributed by atoms with E-state index in [1.54, 1.807) is 11.3 Å². The molecule has 4 heteroatoms. The molecule has 2 aromatic heterocycles. The second kappa shape index (κ2) is 2.78. The Morgan fingerprint density at radius 1 is 1.36 bits per heavy atom. The highest BCUT2D eigenvalue weighted by molar-refractivity contribution is 7.16. The Bertz CT molecular complexity index is 665. The minimum absolute atomic E-state index is 0.0287. The summed E-state index contributed by atoms with van der Waals surface area (Å²) in [4.78, 5) is 19.2. The zero-order valence-corrected chi connectivity index (χ0v) is 8.23. The Balaban J connectivity index is 2.71. The van der Waals surface area contributed by atoms with E-state index in [9.17, 15) is 4.79 Å². The van der Waals surface area contributed by atoms with Gasteiger partial charge in [-0.25, -0.2) is 4.98 Å². The summed E-state index contributed by atoms with van der Waals surface area (Å²) in [5, 5.41) is 1.83. The van der Waals surface area contributed by atoms with E-state index in [0.717, 1.165) is 28.3 Å². The largest absolute Gasteiger partial charge is 0.313 e. The molecule has 0 atom stereocenters. The summed E-state index contributed by atoms with van der Waals surface area (Å²) >= 11 is 1.60. The van der Waals surface area contributed by atoms with Crippen LogP contribution in [0.2, 0.25) is 0 Å². The number of hydrogen-bond donors (Lipinski definition) is 1. The van der Waals surface area contributed by atoms with Crippen LogP contribution in [0.3, 0.4) is 0 Å². The van der Waals surface area contributed by atoms with Crippen molar-refractivity contribution in [1.29, 1.82) is 0 Å². The van der Waals surface area contributed by atoms with Crippen LogP contribution >= 0.6 is 11.3 Å². The van der Waals surface area contributed by atoms with Gasteiger partial charge in [-0.3, -0.25) is 4.79 Å². The number of nitrogens with one attached hydrogen (secondary N) is 1. The molecular weight excluding hydrogens is 196 g/mol. The number of H-pyrrole nitrogens is 1. The second-order valence-corrected chi connectivity index (χ2v) is 4.31. The van der Waals surface area contributed by atoms with Gasteiger partial charge in [0.2, 0.25) is 0 Å². The summed E-state index contributed by atoms with van der Waals surface area (Å²) in [5.41, 5.74) is -0.0287. The number of thiophene rings is 1. The number of aromatic nitrogens is 2. The van der Waals surface area contributed by atoms with Gasteiger partial charge in [0.15, 0.2) is 0 Å². The molecule has 0 amide bonds. The fraction of sp³-hybridized carbons (Fsp3) is 0.200. The van der Waals surface area contributed by atoms with Crippen molar-refractivity contribution in [3.63, 3.8) is 0 Å². The van der Waals surface area contributed by atoms with Crippen molar-refractivity contribution in [3.8, 4) is 0 Å². The lowest BCUT2D eigenvalue weighted by Gasteiger charge is -1.92. The maximum atomic E-state index is 11.6. The molecule has 1 aliphatic carbocycles. The number of rotatable bonds is 0. The summed E-state index contributed by atoms with van der Waals surface area (Å²) in [6.07, 6.45) is 7.86. The Morgan fingerprint density at radius 2 is 2.21 bits per heavy atom. The van der Waals surface area contributed by atoms with Crippen LogP contribution in [0.15, 0.2) is 11.1 Å². The van der Waals surface area contributed by atoms with E-state index < -0.39 is 0 Å². The first-order chi connectivity index (χ1) is 6.86. The molecule has 0 unspecified atom stereocenters. The van der Waals surface area contributed by atoms with E-state index >= 15 is 0 Å². The van der Waals surface area contributed by atoms with Crippen LogP contribution < -0.4 is 15.3 Å². The minimum atomic E-state index is -0.0287. The van der Waals surface area contributed by atoms with Gasteiger partial charge in [0.25, 0.3) is 5.56 Å². The number of aromatic amines is 1. The van der Waals surface area contributed by atoms with E-state index in [1.165, 1.54) is 10.9 Å². The maximum absolute atomic E-state index is 11.6. The van der Waals surface area contributed by atoms with Crippen LogP contribution in [0.1, 0.15) is 12.8 Å². The maximum Gasteiger partial charge on any atom is 0.260 e. The van der Waals surface area contributed by atoms with Crippen molar-refractivity contribution in [3.05, 3.63) is 26.4 Å². The van der Waals surface area contributed by atoms with Crippen molar-refractivity contribution in [1.82, 2.24) is 9.97 Å². The van der Waals surface area contributed by atoms with Crippen LogP contribution in [-0.2, 0) is 0 Å². The number of fused-ring (bicyclic) bond motifs is 3. The Morgan fingerprint density at radius 3 is 3.14 bits per heavy atom. The van der Waals surface area contributed by atoms with E-state index in [-0.39, 0.29) is 5.56 Å². The van der Waals surface area contributed by atoms with Gasteiger partial charge in [0, 0.05) is 9.75 Å². The van der Waals surface area contributed by atoms with Crippen molar-refractivity contribution < 1.29 is 0 Å². The molecule has 2 aromatic rings. The molecule has 1 N–H and O–H groups in total. The Hall–Kier alpha value is -1.42. The fourth-order valence-corrected chi connectivity index (χ4v) is 2.89. The normalized spacial score (nSPS) is 14.6. The molecule has 70 valence electrons. The lowest BCUT2D eigenvalue weighted by molar-refractivity contribution is 1.13. The van der Waals surface area contributed by atoms with Gasteiger partial charge in [-0.15, -0.1) is 11.3 Å². The molecule has 0 saturated heterocycles. The highest BCUT2D eigenvalue weighted by Gasteiger charge is 2.07. The average Bonchev–Trinajstić information content (AvgIpc) is 2.57. The molecule has 14 heavy (non-hydrogen) atoms. The van der Waals surface area contributed by atoms with Crippen LogP contribution in [0, 0.1) is 0 Å². The van der Waals surface area contributed by atoms with Crippen molar-refractivity contribution in [2.45, 2.75) is 12.8 Å². The third kappa shape index (κ3) is 0.974. The summed E-state index contributed by atoms with van der Waals surface area (Å²) in [6.45, 7) is 0. The fourth-order valence-electron chi connectivity index (χ4n) is 1.78. The standard InChI is InChI=1S/C10H8N2OS/c13-9-8-6-3-1-2-4-7(6)14-10(8)12-5-11-9/h3-5H,1-2H2,(H,11,12,13). The zero-order valence-electron chi connectivity index (χ0n) is 7.41. The summed E-state index contributed by atoms with van der Waals surface area (Å²) in [5.74, 6) is 0. The first-order valence-electron chi connectivity index (χ1n) is 4.53. The second-order valence-electron chi connectivity index (χ2n) is 3.28. The smallest absolute Gasteiger partial charge is 0.260 e. The Labute approximate surface area is 83.4 Å². The van der Waals surface area contributed by atoms with E-state index in [2.05, 4.69) is 22.1 Å². The highest BCUT2D eigenvalue weighted by atomic mass is 32.1. The molecule has 0 saturated carbocycles. The van der Waals surface area contributed by atoms with Crippen LogP contribution in [-0.4, -0.2) is 9.97 Å². The third-order valence-corrected chi connectivity index (χ3v) is 3.51. The molecule has 2 heterocycles. The first-order valence-corrected chi connectivity index (χ1v) is 5.34. The van der Waals surface area contributed by atoms with Gasteiger partial charge in [-0.05, 0) is 12.8 Å². The first kappa shape index (κ1) is 7.94. The quantitative estimate of drug-likeness (QED) is 0.672. The highest BCUT2D eigenvalue weighted by Crippen LogP contribution is 2.07. The molecule has 0 aliphatic heterocycles. The van der Waals surface area contributed by atoms with E-state index in [0.29, 0.717) is 0 Å². The predicted molar refractivity (Wildman–Crippen MR) is 57.7 cm³/mol. The lowest BCUT2D eigenvalue weighted by Crippen LogP contribution is -2.25. The summed E-state index contributed by atoms with van der Waals surface area (Å²) < 4.78 is 1.19. The molecule has 0 radical (unpaired) electrons. The van der Waals surface area contributed by atoms with Gasteiger partial charge in [-0.2, -0.15) is 0 Å². The molecule has 1 aliphatic rings. The van der Waals surface area contributed by atoms with Gasteiger partial charge in [-0.1, -0.05) is 12.2 Å². The lowest BCUT2D eigenvalue weighted by atomic mass is 10.1. The van der Waals surface area contributed by atoms with Gasteiger partial charge in [0.1, 0.15) is 4.83 Å². The molecule has 0 aromatic carbocycles. The van der Waals surface area contributed by atoms with E-state index in [1.807, 2.05) is 0 Å². The SMILES string of the molecule is O=c1[nH]cnc2sc3c(c12)=CCCC=3. The van der Waals surface area contributed by atoms with Crippen molar-refractivity contribution in [2.75, 3.05) is 0 Å². The molecule has 0 bridgehead atoms. The van der Waals surface area contributed by atoms with E-state index in [4.69, 9.17) is 0 Å². The monoisotopic (exact) mass is 204 g/mol. The van der Waals surface area contributed by atoms with Gasteiger partial charge >= 0.3 is 0 Å². The van der Waals surface area contributed by atoms with Crippen LogP contribution in [0.4, 0.5) is 0 Å². The van der Waals surface area contributed by atoms with Crippen molar-refractivity contribution in [2.24, 2.45) is 0 Å². The van der Waals surface area contributed by atoms with Gasteiger partial charge in [0.05, 0.1) is 11.7 Å². The zero-order chi connectivity index (χ0) is 9.54. The average molecular weight is 204 g/mol. The molecule has 0 fully saturated rings. The van der Waals surface area contributed by atoms with Gasteiger partial charge < -0.3 is 4.98 Å². The number of nitrogens with zero attached hydrogens (tertiary/aromatic N) is 1. The molecular formula is C10H8N2OS.